The van der Waals surface area contributed by atoms with Crippen molar-refractivity contribution in [1.29, 1.82) is 0 Å². The van der Waals surface area contributed by atoms with E-state index >= 15 is 0 Å². The molecule has 0 aliphatic carbocycles. The van der Waals surface area contributed by atoms with Crippen LogP contribution in [-0.2, 0) is 7.05 Å². The van der Waals surface area contributed by atoms with Crippen LogP contribution in [0.15, 0.2) is 55.1 Å². The van der Waals surface area contributed by atoms with Gasteiger partial charge in [0.1, 0.15) is 5.75 Å². The number of benzene rings is 1. The molecule has 2 heterocycles. The van der Waals surface area contributed by atoms with E-state index in [0.29, 0.717) is 5.75 Å². The number of rotatable bonds is 6. The lowest BCUT2D eigenvalue weighted by Gasteiger charge is -2.20. The molecule has 0 spiro atoms. The van der Waals surface area contributed by atoms with Crippen LogP contribution in [0.25, 0.3) is 0 Å². The maximum atomic E-state index is 14.4. The van der Waals surface area contributed by atoms with E-state index in [1.54, 1.807) is 35.3 Å². The van der Waals surface area contributed by atoms with Gasteiger partial charge in [0.2, 0.25) is 0 Å². The molecule has 0 aliphatic rings. The van der Waals surface area contributed by atoms with Crippen LogP contribution in [0.3, 0.4) is 0 Å². The van der Waals surface area contributed by atoms with Crippen LogP contribution < -0.4 is 10.1 Å². The molecule has 3 aromatic rings. The Bertz CT molecular complexity index is 834. The number of aromatic nitrogens is 3. The standard InChI is InChI=1S/C19H21FN4O/c1-13(23-14(2)16-10-22-24(3)12-16)15-6-7-19(18(20)9-15)25-17-5-4-8-21-11-17/h4-14,23H,1-3H3/t13-,14-/m0/s1. The fourth-order valence-corrected chi connectivity index (χ4v) is 2.63. The number of ether oxygens (including phenoxy) is 1. The van der Waals surface area contributed by atoms with Gasteiger partial charge in [0.25, 0.3) is 0 Å². The molecule has 3 rings (SSSR count). The zero-order valence-electron chi connectivity index (χ0n) is 14.5. The Morgan fingerprint density at radius 3 is 2.56 bits per heavy atom. The molecule has 2 atom stereocenters. The van der Waals surface area contributed by atoms with Gasteiger partial charge in [-0.05, 0) is 43.7 Å². The summed E-state index contributed by atoms with van der Waals surface area (Å²) in [6.07, 6.45) is 6.99. The Balaban J connectivity index is 1.69. The molecule has 0 radical (unpaired) electrons. The van der Waals surface area contributed by atoms with Gasteiger partial charge in [-0.15, -0.1) is 0 Å². The summed E-state index contributed by atoms with van der Waals surface area (Å²) in [6, 6.07) is 8.58. The van der Waals surface area contributed by atoms with Crippen LogP contribution in [0.5, 0.6) is 11.5 Å². The number of hydrogen-bond acceptors (Lipinski definition) is 4. The first-order valence-corrected chi connectivity index (χ1v) is 8.15. The first kappa shape index (κ1) is 17.1. The van der Waals surface area contributed by atoms with Crippen LogP contribution in [0, 0.1) is 5.82 Å². The molecule has 0 aliphatic heterocycles. The maximum Gasteiger partial charge on any atom is 0.166 e. The second kappa shape index (κ2) is 7.44. The van der Waals surface area contributed by atoms with Gasteiger partial charge in [0, 0.05) is 37.1 Å². The highest BCUT2D eigenvalue weighted by Gasteiger charge is 2.15. The van der Waals surface area contributed by atoms with E-state index < -0.39 is 5.82 Å². The molecule has 0 saturated carbocycles. The summed E-state index contributed by atoms with van der Waals surface area (Å²) in [6.45, 7) is 4.06. The van der Waals surface area contributed by atoms with E-state index in [1.165, 1.54) is 6.07 Å². The predicted octanol–water partition coefficient (Wildman–Crippen LogP) is 4.16. The van der Waals surface area contributed by atoms with E-state index in [0.717, 1.165) is 11.1 Å². The molecule has 2 aromatic heterocycles. The minimum Gasteiger partial charge on any atom is -0.453 e. The number of halogens is 1. The second-order valence-electron chi connectivity index (χ2n) is 6.04. The summed E-state index contributed by atoms with van der Waals surface area (Å²) in [4.78, 5) is 3.96. The van der Waals surface area contributed by atoms with Crippen LogP contribution in [0.2, 0.25) is 0 Å². The van der Waals surface area contributed by atoms with Crippen LogP contribution in [0.4, 0.5) is 4.39 Å². The average Bonchev–Trinajstić information content (AvgIpc) is 3.04. The summed E-state index contributed by atoms with van der Waals surface area (Å²) < 4.78 is 21.7. The van der Waals surface area contributed by atoms with Gasteiger partial charge in [-0.1, -0.05) is 6.07 Å². The Labute approximate surface area is 146 Å². The van der Waals surface area contributed by atoms with Crippen molar-refractivity contribution in [1.82, 2.24) is 20.1 Å². The van der Waals surface area contributed by atoms with Crippen molar-refractivity contribution in [3.63, 3.8) is 0 Å². The zero-order valence-corrected chi connectivity index (χ0v) is 14.5. The molecule has 1 aromatic carbocycles. The topological polar surface area (TPSA) is 52.0 Å². The van der Waals surface area contributed by atoms with Crippen molar-refractivity contribution in [3.05, 3.63) is 72.1 Å². The molecule has 5 nitrogen and oxygen atoms in total. The lowest BCUT2D eigenvalue weighted by molar-refractivity contribution is 0.437. The van der Waals surface area contributed by atoms with E-state index in [9.17, 15) is 4.39 Å². The smallest absolute Gasteiger partial charge is 0.166 e. The number of pyridine rings is 1. The Hall–Kier alpha value is -2.73. The van der Waals surface area contributed by atoms with Crippen LogP contribution >= 0.6 is 0 Å². The highest BCUT2D eigenvalue weighted by molar-refractivity contribution is 5.34. The lowest BCUT2D eigenvalue weighted by atomic mass is 10.1. The first-order valence-electron chi connectivity index (χ1n) is 8.15. The number of nitrogens with one attached hydrogen (secondary N) is 1. The van der Waals surface area contributed by atoms with Crippen molar-refractivity contribution in [2.24, 2.45) is 7.05 Å². The molecular formula is C19H21FN4O. The third-order valence-corrected chi connectivity index (χ3v) is 4.04. The van der Waals surface area contributed by atoms with Gasteiger partial charge in [-0.2, -0.15) is 5.10 Å². The van der Waals surface area contributed by atoms with Crippen LogP contribution in [-0.4, -0.2) is 14.8 Å². The van der Waals surface area contributed by atoms with E-state index in [4.69, 9.17) is 4.74 Å². The highest BCUT2D eigenvalue weighted by Crippen LogP contribution is 2.27. The molecule has 0 saturated heterocycles. The van der Waals surface area contributed by atoms with E-state index in [1.807, 2.05) is 32.4 Å². The molecule has 0 unspecified atom stereocenters. The van der Waals surface area contributed by atoms with Gasteiger partial charge in [0.15, 0.2) is 11.6 Å². The molecule has 6 heteroatoms. The third-order valence-electron chi connectivity index (χ3n) is 4.04. The summed E-state index contributed by atoms with van der Waals surface area (Å²) in [5.74, 6) is 0.291. The predicted molar refractivity (Wildman–Crippen MR) is 93.9 cm³/mol. The zero-order chi connectivity index (χ0) is 17.8. The second-order valence-corrected chi connectivity index (χ2v) is 6.04. The van der Waals surface area contributed by atoms with Gasteiger partial charge < -0.3 is 10.1 Å². The van der Waals surface area contributed by atoms with E-state index in [-0.39, 0.29) is 17.8 Å². The third kappa shape index (κ3) is 4.22. The number of hydrogen-bond donors (Lipinski definition) is 1. The molecule has 130 valence electrons. The Morgan fingerprint density at radius 1 is 1.12 bits per heavy atom. The fourth-order valence-electron chi connectivity index (χ4n) is 2.63. The Morgan fingerprint density at radius 2 is 1.92 bits per heavy atom. The Kier molecular flexibility index (Phi) is 5.09. The minimum atomic E-state index is -0.399. The van der Waals surface area contributed by atoms with Crippen molar-refractivity contribution < 1.29 is 9.13 Å². The quantitative estimate of drug-likeness (QED) is 0.732. The van der Waals surface area contributed by atoms with Crippen LogP contribution in [0.1, 0.15) is 37.1 Å². The SMILES string of the molecule is C[C@H](N[C@@H](C)c1cnn(C)c1)c1ccc(Oc2cccnc2)c(F)c1. The lowest BCUT2D eigenvalue weighted by Crippen LogP contribution is -2.22. The van der Waals surface area contributed by atoms with Gasteiger partial charge in [-0.25, -0.2) is 4.39 Å². The molecule has 0 amide bonds. The first-order chi connectivity index (χ1) is 12.0. The largest absolute Gasteiger partial charge is 0.453 e. The van der Waals surface area contributed by atoms with E-state index in [2.05, 4.69) is 22.3 Å². The summed E-state index contributed by atoms with van der Waals surface area (Å²) in [5, 5.41) is 7.63. The monoisotopic (exact) mass is 340 g/mol. The normalized spacial score (nSPS) is 13.4. The molecule has 1 N–H and O–H groups in total. The van der Waals surface area contributed by atoms with Gasteiger partial charge in [0.05, 0.1) is 12.4 Å². The fraction of sp³-hybridized carbons (Fsp3) is 0.263. The van der Waals surface area contributed by atoms with Crippen molar-refractivity contribution >= 4 is 0 Å². The minimum absolute atomic E-state index is 0.0165. The highest BCUT2D eigenvalue weighted by atomic mass is 19.1. The summed E-state index contributed by atoms with van der Waals surface area (Å²) >= 11 is 0. The average molecular weight is 340 g/mol. The number of nitrogens with zero attached hydrogens (tertiary/aromatic N) is 3. The van der Waals surface area contributed by atoms with Crippen molar-refractivity contribution in [2.45, 2.75) is 25.9 Å². The van der Waals surface area contributed by atoms with Gasteiger partial charge >= 0.3 is 0 Å². The van der Waals surface area contributed by atoms with Crippen molar-refractivity contribution in [2.75, 3.05) is 0 Å². The molecular weight excluding hydrogens is 319 g/mol. The molecule has 25 heavy (non-hydrogen) atoms. The summed E-state index contributed by atoms with van der Waals surface area (Å²) in [7, 11) is 1.88. The maximum absolute atomic E-state index is 14.4. The summed E-state index contributed by atoms with van der Waals surface area (Å²) in [5.41, 5.74) is 1.94. The molecule has 0 bridgehead atoms. The molecule has 0 fully saturated rings. The van der Waals surface area contributed by atoms with Crippen molar-refractivity contribution in [3.8, 4) is 11.5 Å². The van der Waals surface area contributed by atoms with Gasteiger partial charge in [-0.3, -0.25) is 9.67 Å². The number of aryl methyl sites for hydroxylation is 1.